The van der Waals surface area contributed by atoms with Crippen LogP contribution in [0.15, 0.2) is 0 Å². The minimum Gasteiger partial charge on any atom is -0.469 e. The van der Waals surface area contributed by atoms with Gasteiger partial charge in [-0.05, 0) is 40.5 Å². The molecule has 1 heterocycles. The summed E-state index contributed by atoms with van der Waals surface area (Å²) in [5.41, 5.74) is -1.73. The molecule has 0 bridgehead atoms. The smallest absolute Gasteiger partial charge is 0.410 e. The van der Waals surface area contributed by atoms with Crippen LogP contribution < -0.4 is 5.32 Å². The second-order valence-corrected chi connectivity index (χ2v) is 7.85. The third-order valence-electron chi connectivity index (χ3n) is 4.34. The number of carbonyl (C=O) groups is 3. The molecule has 7 nitrogen and oxygen atoms in total. The molecule has 2 amide bonds. The van der Waals surface area contributed by atoms with E-state index in [1.165, 1.54) is 12.0 Å². The summed E-state index contributed by atoms with van der Waals surface area (Å²) in [5.74, 6) is -0.417. The molecule has 1 saturated carbocycles. The first-order chi connectivity index (χ1) is 10.5. The molecule has 0 aromatic rings. The number of amides is 2. The summed E-state index contributed by atoms with van der Waals surface area (Å²) in [7, 11) is 1.36. The molecule has 0 atom stereocenters. The van der Waals surface area contributed by atoms with Gasteiger partial charge in [-0.2, -0.15) is 0 Å². The van der Waals surface area contributed by atoms with Crippen molar-refractivity contribution in [2.24, 2.45) is 10.8 Å². The zero-order valence-electron chi connectivity index (χ0n) is 14.5. The van der Waals surface area contributed by atoms with Crippen LogP contribution in [-0.4, -0.2) is 55.2 Å². The first-order valence-electron chi connectivity index (χ1n) is 7.86. The predicted octanol–water partition coefficient (Wildman–Crippen LogP) is 1.31. The number of nitrogens with zero attached hydrogens (tertiary/aromatic N) is 1. The van der Waals surface area contributed by atoms with Crippen LogP contribution >= 0.6 is 0 Å². The number of methoxy groups -OCH3 is 1. The third-order valence-corrected chi connectivity index (χ3v) is 4.34. The SMILES string of the molecule is COC(=O)C1(CNC(=O)C2(C)CN(C(=O)OC(C)(C)C)C2)CC1. The van der Waals surface area contributed by atoms with Gasteiger partial charge in [-0.1, -0.05) is 0 Å². The Bertz CT molecular complexity index is 513. The van der Waals surface area contributed by atoms with Crippen LogP contribution in [0.3, 0.4) is 0 Å². The van der Waals surface area contributed by atoms with Gasteiger partial charge in [0.25, 0.3) is 0 Å². The normalized spacial score (nSPS) is 21.0. The fourth-order valence-corrected chi connectivity index (χ4v) is 2.68. The van der Waals surface area contributed by atoms with E-state index in [4.69, 9.17) is 9.47 Å². The Balaban J connectivity index is 1.81. The molecule has 1 saturated heterocycles. The lowest BCUT2D eigenvalue weighted by Gasteiger charge is -2.46. The summed E-state index contributed by atoms with van der Waals surface area (Å²) in [6.07, 6.45) is 1.07. The van der Waals surface area contributed by atoms with Gasteiger partial charge >= 0.3 is 12.1 Å². The van der Waals surface area contributed by atoms with E-state index in [0.29, 0.717) is 19.6 Å². The minimum atomic E-state index is -0.636. The molecule has 0 spiro atoms. The number of carbonyl (C=O) groups excluding carboxylic acids is 3. The lowest BCUT2D eigenvalue weighted by Crippen LogP contribution is -2.64. The number of hydrogen-bond acceptors (Lipinski definition) is 5. The van der Waals surface area contributed by atoms with Gasteiger partial charge in [0.05, 0.1) is 17.9 Å². The monoisotopic (exact) mass is 326 g/mol. The molecule has 130 valence electrons. The largest absolute Gasteiger partial charge is 0.469 e. The van der Waals surface area contributed by atoms with Gasteiger partial charge in [0.15, 0.2) is 0 Å². The number of ether oxygens (including phenoxy) is 2. The highest BCUT2D eigenvalue weighted by Crippen LogP contribution is 2.46. The molecular formula is C16H26N2O5. The average molecular weight is 326 g/mol. The highest BCUT2D eigenvalue weighted by atomic mass is 16.6. The van der Waals surface area contributed by atoms with Gasteiger partial charge in [0.2, 0.25) is 5.91 Å². The topological polar surface area (TPSA) is 84.9 Å². The van der Waals surface area contributed by atoms with Crippen molar-refractivity contribution in [3.05, 3.63) is 0 Å². The molecule has 1 aliphatic heterocycles. The van der Waals surface area contributed by atoms with Crippen molar-refractivity contribution in [2.45, 2.75) is 46.1 Å². The molecule has 0 aromatic carbocycles. The molecule has 7 heteroatoms. The molecule has 1 N–H and O–H groups in total. The number of rotatable bonds is 4. The van der Waals surface area contributed by atoms with E-state index in [1.54, 1.807) is 27.7 Å². The van der Waals surface area contributed by atoms with Crippen molar-refractivity contribution < 1.29 is 23.9 Å². The molecule has 0 radical (unpaired) electrons. The van der Waals surface area contributed by atoms with Crippen LogP contribution in [0.4, 0.5) is 4.79 Å². The minimum absolute atomic E-state index is 0.146. The Hall–Kier alpha value is -1.79. The van der Waals surface area contributed by atoms with E-state index >= 15 is 0 Å². The number of likely N-dealkylation sites (tertiary alicyclic amines) is 1. The third kappa shape index (κ3) is 3.76. The molecule has 2 aliphatic rings. The van der Waals surface area contributed by atoms with Crippen molar-refractivity contribution >= 4 is 18.0 Å². The van der Waals surface area contributed by atoms with E-state index in [9.17, 15) is 14.4 Å². The highest BCUT2D eigenvalue weighted by molar-refractivity contribution is 5.87. The van der Waals surface area contributed by atoms with Crippen molar-refractivity contribution in [3.8, 4) is 0 Å². The first-order valence-corrected chi connectivity index (χ1v) is 7.86. The van der Waals surface area contributed by atoms with E-state index in [1.807, 2.05) is 0 Å². The number of esters is 1. The van der Waals surface area contributed by atoms with Crippen molar-refractivity contribution in [1.82, 2.24) is 10.2 Å². The summed E-state index contributed by atoms with van der Waals surface area (Å²) < 4.78 is 10.1. The Morgan fingerprint density at radius 2 is 1.74 bits per heavy atom. The van der Waals surface area contributed by atoms with Crippen molar-refractivity contribution in [3.63, 3.8) is 0 Å². The van der Waals surface area contributed by atoms with Gasteiger partial charge in [-0.15, -0.1) is 0 Å². The Morgan fingerprint density at radius 1 is 1.17 bits per heavy atom. The van der Waals surface area contributed by atoms with E-state index < -0.39 is 22.5 Å². The van der Waals surface area contributed by atoms with Gasteiger partial charge in [-0.3, -0.25) is 9.59 Å². The number of nitrogens with one attached hydrogen (secondary N) is 1. The fraction of sp³-hybridized carbons (Fsp3) is 0.812. The van der Waals surface area contributed by atoms with Gasteiger partial charge < -0.3 is 19.7 Å². The Morgan fingerprint density at radius 3 is 2.17 bits per heavy atom. The predicted molar refractivity (Wildman–Crippen MR) is 82.6 cm³/mol. The Labute approximate surface area is 136 Å². The quantitative estimate of drug-likeness (QED) is 0.788. The van der Waals surface area contributed by atoms with Gasteiger partial charge in [0.1, 0.15) is 5.60 Å². The second-order valence-electron chi connectivity index (χ2n) is 7.85. The summed E-state index contributed by atoms with van der Waals surface area (Å²) in [4.78, 5) is 37.4. The van der Waals surface area contributed by atoms with Crippen LogP contribution in [0.5, 0.6) is 0 Å². The summed E-state index contributed by atoms with van der Waals surface area (Å²) in [6, 6.07) is 0. The maximum absolute atomic E-state index is 12.3. The van der Waals surface area contributed by atoms with E-state index in [2.05, 4.69) is 5.32 Å². The summed E-state index contributed by atoms with van der Waals surface area (Å²) in [5, 5.41) is 2.83. The molecule has 0 aromatic heterocycles. The van der Waals surface area contributed by atoms with Crippen LogP contribution in [0.2, 0.25) is 0 Å². The second kappa shape index (κ2) is 5.69. The first kappa shape index (κ1) is 17.6. The van der Waals surface area contributed by atoms with Crippen molar-refractivity contribution in [1.29, 1.82) is 0 Å². The summed E-state index contributed by atoms with van der Waals surface area (Å²) >= 11 is 0. The lowest BCUT2D eigenvalue weighted by atomic mass is 9.81. The van der Waals surface area contributed by atoms with Gasteiger partial charge in [0, 0.05) is 19.6 Å². The maximum Gasteiger partial charge on any atom is 0.410 e. The fourth-order valence-electron chi connectivity index (χ4n) is 2.68. The highest BCUT2D eigenvalue weighted by Gasteiger charge is 2.53. The molecule has 1 aliphatic carbocycles. The van der Waals surface area contributed by atoms with Crippen LogP contribution in [0.1, 0.15) is 40.5 Å². The zero-order chi connectivity index (χ0) is 17.5. The van der Waals surface area contributed by atoms with E-state index in [-0.39, 0.29) is 11.9 Å². The van der Waals surface area contributed by atoms with Crippen LogP contribution in [-0.2, 0) is 19.1 Å². The molecule has 2 rings (SSSR count). The maximum atomic E-state index is 12.3. The van der Waals surface area contributed by atoms with Gasteiger partial charge in [-0.25, -0.2) is 4.79 Å². The Kier molecular flexibility index (Phi) is 4.34. The van der Waals surface area contributed by atoms with Crippen molar-refractivity contribution in [2.75, 3.05) is 26.7 Å². The molecule has 23 heavy (non-hydrogen) atoms. The number of hydrogen-bond donors (Lipinski definition) is 1. The standard InChI is InChI=1S/C16H26N2O5/c1-14(2,3)23-13(21)18-9-15(4,10-18)11(19)17-8-16(6-7-16)12(20)22-5/h6-10H2,1-5H3,(H,17,19). The molecular weight excluding hydrogens is 300 g/mol. The molecule has 2 fully saturated rings. The average Bonchev–Trinajstić information content (AvgIpc) is 3.19. The van der Waals surface area contributed by atoms with Crippen LogP contribution in [0, 0.1) is 10.8 Å². The van der Waals surface area contributed by atoms with E-state index in [0.717, 1.165) is 12.8 Å². The van der Waals surface area contributed by atoms with Crippen LogP contribution in [0.25, 0.3) is 0 Å². The summed E-state index contributed by atoms with van der Waals surface area (Å²) in [6.45, 7) is 8.15. The molecule has 0 unspecified atom stereocenters. The lowest BCUT2D eigenvalue weighted by molar-refractivity contribution is -0.147. The zero-order valence-corrected chi connectivity index (χ0v) is 14.5.